The largest absolute Gasteiger partial charge is 0.383 e. The van der Waals surface area contributed by atoms with Crippen LogP contribution in [-0.2, 0) is 9.53 Å². The summed E-state index contributed by atoms with van der Waals surface area (Å²) in [6, 6.07) is 2.19. The maximum absolute atomic E-state index is 12.3. The van der Waals surface area contributed by atoms with Crippen molar-refractivity contribution in [1.29, 1.82) is 5.26 Å². The van der Waals surface area contributed by atoms with Crippen LogP contribution in [0.2, 0.25) is 0 Å². The lowest BCUT2D eigenvalue weighted by molar-refractivity contribution is -0.145. The van der Waals surface area contributed by atoms with Crippen LogP contribution < -0.4 is 0 Å². The second-order valence-electron chi connectivity index (χ2n) is 4.74. The molecule has 0 radical (unpaired) electrons. The van der Waals surface area contributed by atoms with Crippen LogP contribution in [0.1, 0.15) is 19.8 Å². The van der Waals surface area contributed by atoms with Gasteiger partial charge >= 0.3 is 0 Å². The molecule has 0 atom stereocenters. The highest BCUT2D eigenvalue weighted by Gasteiger charge is 2.50. The number of rotatable bonds is 6. The van der Waals surface area contributed by atoms with Crippen molar-refractivity contribution in [3.63, 3.8) is 0 Å². The Morgan fingerprint density at radius 1 is 1.71 bits per heavy atom. The minimum atomic E-state index is -0.795. The minimum Gasteiger partial charge on any atom is -0.383 e. The Balaban J connectivity index is 2.70. The molecule has 1 aliphatic rings. The molecule has 1 saturated carbocycles. The molecule has 1 rings (SSSR count). The summed E-state index contributed by atoms with van der Waals surface area (Å²) in [7, 11) is 1.60. The molecule has 4 nitrogen and oxygen atoms in total. The zero-order valence-corrected chi connectivity index (χ0v) is 10.6. The van der Waals surface area contributed by atoms with Crippen molar-refractivity contribution < 1.29 is 9.53 Å². The molecule has 17 heavy (non-hydrogen) atoms. The van der Waals surface area contributed by atoms with Crippen molar-refractivity contribution in [2.24, 2.45) is 11.3 Å². The summed E-state index contributed by atoms with van der Waals surface area (Å²) in [6.45, 7) is 7.17. The Labute approximate surface area is 103 Å². The summed E-state index contributed by atoms with van der Waals surface area (Å²) >= 11 is 0. The molecule has 0 bridgehead atoms. The Bertz CT molecular complexity index is 327. The van der Waals surface area contributed by atoms with E-state index in [1.165, 1.54) is 0 Å². The fraction of sp³-hybridized carbons (Fsp3) is 0.692. The first kappa shape index (κ1) is 13.7. The first-order chi connectivity index (χ1) is 8.09. The number of hydrogen-bond acceptors (Lipinski definition) is 3. The van der Waals surface area contributed by atoms with Crippen LogP contribution in [0.5, 0.6) is 0 Å². The quantitative estimate of drug-likeness (QED) is 0.658. The second kappa shape index (κ2) is 5.83. The van der Waals surface area contributed by atoms with Gasteiger partial charge in [-0.1, -0.05) is 13.0 Å². The molecular weight excluding hydrogens is 216 g/mol. The monoisotopic (exact) mass is 236 g/mol. The summed E-state index contributed by atoms with van der Waals surface area (Å²) < 4.78 is 4.98. The molecule has 4 heteroatoms. The molecule has 0 heterocycles. The Hall–Kier alpha value is -1.34. The molecular formula is C13H20N2O2. The third kappa shape index (κ3) is 2.86. The fourth-order valence-electron chi connectivity index (χ4n) is 2.38. The number of carbonyl (C=O) groups excluding carboxylic acids is 1. The van der Waals surface area contributed by atoms with E-state index in [-0.39, 0.29) is 5.91 Å². The molecule has 0 aromatic heterocycles. The standard InChI is InChI=1S/C13H20N2O2/c1-4-5-15(6-7-17-3)12(16)13(10-14)8-11(2)9-13/h4,11H,1,5-9H2,2-3H3. The van der Waals surface area contributed by atoms with Gasteiger partial charge in [-0.25, -0.2) is 0 Å². The predicted molar refractivity (Wildman–Crippen MR) is 65.1 cm³/mol. The average molecular weight is 236 g/mol. The molecule has 0 aliphatic heterocycles. The highest BCUT2D eigenvalue weighted by atomic mass is 16.5. The smallest absolute Gasteiger partial charge is 0.243 e. The number of nitrogens with zero attached hydrogens (tertiary/aromatic N) is 2. The first-order valence-electron chi connectivity index (χ1n) is 5.90. The lowest BCUT2D eigenvalue weighted by Crippen LogP contribution is -2.50. The maximum atomic E-state index is 12.3. The lowest BCUT2D eigenvalue weighted by atomic mass is 9.62. The van der Waals surface area contributed by atoms with E-state index in [1.807, 2.05) is 0 Å². The van der Waals surface area contributed by atoms with Crippen LogP contribution in [0, 0.1) is 22.7 Å². The van der Waals surface area contributed by atoms with E-state index < -0.39 is 5.41 Å². The lowest BCUT2D eigenvalue weighted by Gasteiger charge is -2.42. The predicted octanol–water partition coefficient (Wildman–Crippen LogP) is 1.59. The van der Waals surface area contributed by atoms with Crippen molar-refractivity contribution in [3.05, 3.63) is 12.7 Å². The Morgan fingerprint density at radius 2 is 2.35 bits per heavy atom. The summed E-state index contributed by atoms with van der Waals surface area (Å²) in [5.74, 6) is 0.390. The van der Waals surface area contributed by atoms with Gasteiger partial charge in [0.1, 0.15) is 5.41 Å². The van der Waals surface area contributed by atoms with Crippen molar-refractivity contribution >= 4 is 5.91 Å². The molecule has 1 aliphatic carbocycles. The van der Waals surface area contributed by atoms with E-state index in [0.29, 0.717) is 38.5 Å². The molecule has 0 aromatic rings. The molecule has 1 fully saturated rings. The van der Waals surface area contributed by atoms with Crippen LogP contribution in [0.15, 0.2) is 12.7 Å². The van der Waals surface area contributed by atoms with E-state index in [9.17, 15) is 10.1 Å². The van der Waals surface area contributed by atoms with Crippen LogP contribution >= 0.6 is 0 Å². The van der Waals surface area contributed by atoms with Crippen molar-refractivity contribution in [2.75, 3.05) is 26.8 Å². The van der Waals surface area contributed by atoms with Crippen molar-refractivity contribution in [3.8, 4) is 6.07 Å². The van der Waals surface area contributed by atoms with Gasteiger partial charge in [-0.2, -0.15) is 5.26 Å². The van der Waals surface area contributed by atoms with Crippen LogP contribution in [0.4, 0.5) is 0 Å². The van der Waals surface area contributed by atoms with Gasteiger partial charge in [0.2, 0.25) is 5.91 Å². The molecule has 1 amide bonds. The molecule has 0 aromatic carbocycles. The number of nitriles is 1. The van der Waals surface area contributed by atoms with Gasteiger partial charge < -0.3 is 9.64 Å². The fourth-order valence-corrected chi connectivity index (χ4v) is 2.38. The summed E-state index contributed by atoms with van der Waals surface area (Å²) in [6.07, 6.45) is 3.02. The molecule has 0 unspecified atom stereocenters. The zero-order chi connectivity index (χ0) is 12.9. The topological polar surface area (TPSA) is 53.3 Å². The van der Waals surface area contributed by atoms with Gasteiger partial charge in [-0.3, -0.25) is 4.79 Å². The van der Waals surface area contributed by atoms with Crippen LogP contribution in [0.25, 0.3) is 0 Å². The van der Waals surface area contributed by atoms with Crippen molar-refractivity contribution in [1.82, 2.24) is 4.90 Å². The molecule has 0 spiro atoms. The third-order valence-electron chi connectivity index (χ3n) is 3.22. The van der Waals surface area contributed by atoms with Gasteiger partial charge in [-0.15, -0.1) is 6.58 Å². The average Bonchev–Trinajstić information content (AvgIpc) is 2.29. The summed E-state index contributed by atoms with van der Waals surface area (Å²) in [4.78, 5) is 14.0. The van der Waals surface area contributed by atoms with Gasteiger partial charge in [0.15, 0.2) is 0 Å². The molecule has 94 valence electrons. The molecule has 0 saturated heterocycles. The van der Waals surface area contributed by atoms with E-state index in [4.69, 9.17) is 4.74 Å². The van der Waals surface area contributed by atoms with E-state index in [0.717, 1.165) is 0 Å². The highest BCUT2D eigenvalue weighted by molar-refractivity contribution is 5.86. The van der Waals surface area contributed by atoms with Gasteiger partial charge in [-0.05, 0) is 18.8 Å². The molecule has 0 N–H and O–H groups in total. The number of ether oxygens (including phenoxy) is 1. The van der Waals surface area contributed by atoms with Gasteiger partial charge in [0.05, 0.1) is 12.7 Å². The summed E-state index contributed by atoms with van der Waals surface area (Å²) in [5, 5.41) is 9.21. The van der Waals surface area contributed by atoms with E-state index in [2.05, 4.69) is 19.6 Å². The van der Waals surface area contributed by atoms with Gasteiger partial charge in [0, 0.05) is 20.2 Å². The van der Waals surface area contributed by atoms with Gasteiger partial charge in [0.25, 0.3) is 0 Å². The third-order valence-corrected chi connectivity index (χ3v) is 3.22. The van der Waals surface area contributed by atoms with Crippen LogP contribution in [-0.4, -0.2) is 37.6 Å². The highest BCUT2D eigenvalue weighted by Crippen LogP contribution is 2.46. The first-order valence-corrected chi connectivity index (χ1v) is 5.90. The summed E-state index contributed by atoms with van der Waals surface area (Å²) in [5.41, 5.74) is -0.795. The minimum absolute atomic E-state index is 0.0740. The maximum Gasteiger partial charge on any atom is 0.243 e. The Kier molecular flexibility index (Phi) is 4.71. The number of amides is 1. The number of hydrogen-bond donors (Lipinski definition) is 0. The van der Waals surface area contributed by atoms with E-state index >= 15 is 0 Å². The Morgan fingerprint density at radius 3 is 2.76 bits per heavy atom. The number of methoxy groups -OCH3 is 1. The normalized spacial score (nSPS) is 26.8. The number of carbonyl (C=O) groups is 1. The van der Waals surface area contributed by atoms with Crippen molar-refractivity contribution in [2.45, 2.75) is 19.8 Å². The van der Waals surface area contributed by atoms with Crippen LogP contribution in [0.3, 0.4) is 0 Å². The van der Waals surface area contributed by atoms with E-state index in [1.54, 1.807) is 18.1 Å². The SMILES string of the molecule is C=CCN(CCOC)C(=O)C1(C#N)CC(C)C1. The second-order valence-corrected chi connectivity index (χ2v) is 4.74. The zero-order valence-electron chi connectivity index (χ0n) is 10.6.